The van der Waals surface area contributed by atoms with E-state index in [1.54, 1.807) is 0 Å². The lowest BCUT2D eigenvalue weighted by atomic mass is 9.66. The number of hydrogen-bond donors (Lipinski definition) is 0. The van der Waals surface area contributed by atoms with E-state index in [0.717, 1.165) is 18.8 Å². The van der Waals surface area contributed by atoms with Gasteiger partial charge in [-0.15, -0.1) is 0 Å². The van der Waals surface area contributed by atoms with Gasteiger partial charge in [0.2, 0.25) is 0 Å². The molecule has 0 radical (unpaired) electrons. The lowest BCUT2D eigenvalue weighted by Gasteiger charge is -2.37. The van der Waals surface area contributed by atoms with Gasteiger partial charge in [0.05, 0.1) is 0 Å². The topological polar surface area (TPSA) is 20.3 Å². The van der Waals surface area contributed by atoms with Crippen LogP contribution in [0.4, 0.5) is 0 Å². The molecule has 0 spiro atoms. The molecule has 0 aromatic carbocycles. The van der Waals surface area contributed by atoms with Crippen LogP contribution in [-0.4, -0.2) is 31.3 Å². The van der Waals surface area contributed by atoms with Gasteiger partial charge < -0.3 is 4.90 Å². The lowest BCUT2D eigenvalue weighted by Crippen LogP contribution is -2.30. The zero-order valence-electron chi connectivity index (χ0n) is 24.9. The molecule has 2 fully saturated rings. The molecule has 204 valence electrons. The Labute approximate surface area is 224 Å². The van der Waals surface area contributed by atoms with Gasteiger partial charge in [-0.05, 0) is 81.1 Å². The zero-order valence-corrected chi connectivity index (χ0v) is 24.9. The number of fused-ring (bicyclic) bond motifs is 2. The van der Waals surface area contributed by atoms with Gasteiger partial charge >= 0.3 is 0 Å². The molecular formula is C34H57NO. The third-order valence-electron chi connectivity index (χ3n) is 10.3. The molecule has 0 heterocycles. The van der Waals surface area contributed by atoms with E-state index in [2.05, 4.69) is 71.8 Å². The first-order chi connectivity index (χ1) is 17.1. The summed E-state index contributed by atoms with van der Waals surface area (Å²) in [5, 5.41) is 0. The number of Topliss-reactive ketones (excluding diaryl/α,β-unsaturated/α-hetero) is 1. The molecule has 0 N–H and O–H groups in total. The largest absolute Gasteiger partial charge is 0.309 e. The molecule has 2 bridgehead atoms. The normalized spacial score (nSPS) is 29.9. The fourth-order valence-corrected chi connectivity index (χ4v) is 7.59. The van der Waals surface area contributed by atoms with Crippen molar-refractivity contribution in [2.24, 2.45) is 28.6 Å². The fraction of sp³-hybridized carbons (Fsp3) is 0.794. The number of unbranched alkanes of at least 4 members (excludes halogenated alkanes) is 7. The van der Waals surface area contributed by atoms with Crippen LogP contribution in [0.5, 0.6) is 0 Å². The van der Waals surface area contributed by atoms with Crippen LogP contribution < -0.4 is 0 Å². The van der Waals surface area contributed by atoms with Gasteiger partial charge in [-0.25, -0.2) is 0 Å². The smallest absolute Gasteiger partial charge is 0.163 e. The number of carbonyl (C=O) groups is 1. The van der Waals surface area contributed by atoms with E-state index in [-0.39, 0.29) is 16.7 Å². The maximum atomic E-state index is 13.7. The zero-order chi connectivity index (χ0) is 26.3. The molecule has 0 aromatic heterocycles. The van der Waals surface area contributed by atoms with Crippen molar-refractivity contribution < 1.29 is 4.79 Å². The minimum atomic E-state index is 0.0286. The summed E-state index contributed by atoms with van der Waals surface area (Å²) >= 11 is 0. The van der Waals surface area contributed by atoms with Gasteiger partial charge in [0.25, 0.3) is 0 Å². The van der Waals surface area contributed by atoms with Crippen LogP contribution in [0.3, 0.4) is 0 Å². The monoisotopic (exact) mass is 495 g/mol. The maximum absolute atomic E-state index is 13.7. The van der Waals surface area contributed by atoms with Gasteiger partial charge in [-0.3, -0.25) is 4.79 Å². The molecule has 2 nitrogen and oxygen atoms in total. The van der Waals surface area contributed by atoms with Crippen molar-refractivity contribution in [3.8, 4) is 0 Å². The van der Waals surface area contributed by atoms with E-state index in [4.69, 9.17) is 0 Å². The number of rotatable bonds is 15. The van der Waals surface area contributed by atoms with Crippen LogP contribution in [0.25, 0.3) is 0 Å². The highest BCUT2D eigenvalue weighted by Gasteiger charge is 2.64. The van der Waals surface area contributed by atoms with E-state index >= 15 is 0 Å². The van der Waals surface area contributed by atoms with Crippen LogP contribution in [0, 0.1) is 28.6 Å². The van der Waals surface area contributed by atoms with E-state index < -0.39 is 0 Å². The second-order valence-electron chi connectivity index (χ2n) is 13.4. The van der Waals surface area contributed by atoms with Crippen molar-refractivity contribution >= 4 is 5.78 Å². The summed E-state index contributed by atoms with van der Waals surface area (Å²) in [4.78, 5) is 16.1. The van der Waals surface area contributed by atoms with Crippen LogP contribution in [-0.2, 0) is 4.79 Å². The molecule has 0 aromatic rings. The number of hydrogen-bond acceptors (Lipinski definition) is 2. The Balaban J connectivity index is 1.72. The summed E-state index contributed by atoms with van der Waals surface area (Å²) < 4.78 is 0. The molecule has 0 aliphatic heterocycles. The molecule has 36 heavy (non-hydrogen) atoms. The average molecular weight is 496 g/mol. The first kappa shape index (κ1) is 29.4. The molecule has 4 unspecified atom stereocenters. The molecule has 3 aliphatic carbocycles. The Morgan fingerprint density at radius 3 is 2.22 bits per heavy atom. The second-order valence-corrected chi connectivity index (χ2v) is 13.4. The lowest BCUT2D eigenvalue weighted by molar-refractivity contribution is -0.119. The second kappa shape index (κ2) is 13.1. The highest BCUT2D eigenvalue weighted by molar-refractivity contribution is 6.04. The maximum Gasteiger partial charge on any atom is 0.163 e. The Morgan fingerprint density at radius 2 is 1.61 bits per heavy atom. The third kappa shape index (κ3) is 6.46. The van der Waals surface area contributed by atoms with Crippen molar-refractivity contribution in [3.05, 3.63) is 34.9 Å². The first-order valence-corrected chi connectivity index (χ1v) is 15.4. The highest BCUT2D eigenvalue weighted by Crippen LogP contribution is 2.67. The van der Waals surface area contributed by atoms with Gasteiger partial charge in [0.1, 0.15) is 0 Å². The average Bonchev–Trinajstić information content (AvgIpc) is 3.13. The Kier molecular flexibility index (Phi) is 10.7. The van der Waals surface area contributed by atoms with Gasteiger partial charge in [0, 0.05) is 16.9 Å². The van der Waals surface area contributed by atoms with E-state index in [9.17, 15) is 4.79 Å². The molecular weight excluding hydrogens is 438 g/mol. The SMILES string of the molecule is CCCCCCCCCCC(CCCN(C)C)CC1=CC=CC(C)C1=C1C(=O)C2CCC1(C)C2(C)C. The first-order valence-electron chi connectivity index (χ1n) is 15.4. The summed E-state index contributed by atoms with van der Waals surface area (Å²) in [5.41, 5.74) is 4.22. The quantitative estimate of drug-likeness (QED) is 0.167. The molecule has 3 aliphatic rings. The van der Waals surface area contributed by atoms with Gasteiger partial charge in [-0.2, -0.15) is 0 Å². The summed E-state index contributed by atoms with van der Waals surface area (Å²) in [5.74, 6) is 1.77. The van der Waals surface area contributed by atoms with Crippen LogP contribution >= 0.6 is 0 Å². The molecule has 4 atom stereocenters. The van der Waals surface area contributed by atoms with Crippen LogP contribution in [0.1, 0.15) is 125 Å². The van der Waals surface area contributed by atoms with E-state index in [0.29, 0.717) is 11.7 Å². The number of carbonyl (C=O) groups excluding carboxylic acids is 1. The molecule has 0 amide bonds. The summed E-state index contributed by atoms with van der Waals surface area (Å²) in [6.07, 6.45) is 25.3. The Bertz CT molecular complexity index is 828. The summed E-state index contributed by atoms with van der Waals surface area (Å²) in [6, 6.07) is 0. The molecule has 2 saturated carbocycles. The van der Waals surface area contributed by atoms with E-state index in [1.165, 1.54) is 100 Å². The Morgan fingerprint density at radius 1 is 0.972 bits per heavy atom. The highest BCUT2D eigenvalue weighted by atomic mass is 16.1. The van der Waals surface area contributed by atoms with Crippen molar-refractivity contribution in [2.45, 2.75) is 125 Å². The predicted octanol–water partition coefficient (Wildman–Crippen LogP) is 9.32. The minimum absolute atomic E-state index is 0.0286. The molecule has 3 rings (SSSR count). The molecule has 0 saturated heterocycles. The third-order valence-corrected chi connectivity index (χ3v) is 10.3. The summed E-state index contributed by atoms with van der Waals surface area (Å²) in [7, 11) is 4.38. The fourth-order valence-electron chi connectivity index (χ4n) is 7.59. The van der Waals surface area contributed by atoms with Crippen LogP contribution in [0.15, 0.2) is 34.9 Å². The predicted molar refractivity (Wildman–Crippen MR) is 156 cm³/mol. The van der Waals surface area contributed by atoms with Crippen LogP contribution in [0.2, 0.25) is 0 Å². The van der Waals surface area contributed by atoms with Crippen molar-refractivity contribution in [2.75, 3.05) is 20.6 Å². The Hall–Kier alpha value is -1.15. The van der Waals surface area contributed by atoms with Gasteiger partial charge in [0.15, 0.2) is 5.78 Å². The van der Waals surface area contributed by atoms with Crippen molar-refractivity contribution in [3.63, 3.8) is 0 Å². The van der Waals surface area contributed by atoms with E-state index in [1.807, 2.05) is 0 Å². The standard InChI is InChI=1S/C34H57NO/c1-8-9-10-11-12-13-14-15-19-27(20-17-24-35(6)7)25-28-21-16-18-26(2)30(28)31-32(36)29-22-23-34(31,5)33(29,3)4/h16,18,21,26-27,29H,8-15,17,19-20,22-25H2,1-7H3. The summed E-state index contributed by atoms with van der Waals surface area (Å²) in [6.45, 7) is 12.9. The van der Waals surface area contributed by atoms with Gasteiger partial charge in [-0.1, -0.05) is 111 Å². The van der Waals surface area contributed by atoms with Crippen molar-refractivity contribution in [1.29, 1.82) is 0 Å². The number of ketones is 1. The minimum Gasteiger partial charge on any atom is -0.309 e. The molecule has 2 heteroatoms. The number of allylic oxidation sites excluding steroid dienone is 6. The number of nitrogens with zero attached hydrogens (tertiary/aromatic N) is 1. The van der Waals surface area contributed by atoms with Crippen molar-refractivity contribution in [1.82, 2.24) is 4.90 Å².